The average Bonchev–Trinajstić information content (AvgIpc) is 3.00. The van der Waals surface area contributed by atoms with E-state index in [1.165, 1.54) is 24.9 Å². The molecular formula is C22H22N4O3S. The molecule has 3 amide bonds. The van der Waals surface area contributed by atoms with Gasteiger partial charge in [0.2, 0.25) is 5.91 Å². The van der Waals surface area contributed by atoms with E-state index in [4.69, 9.17) is 12.2 Å². The minimum Gasteiger partial charge on any atom is -0.372 e. The molecule has 0 radical (unpaired) electrons. The van der Waals surface area contributed by atoms with Gasteiger partial charge in [-0.05, 0) is 67.9 Å². The number of imide groups is 1. The van der Waals surface area contributed by atoms with Crippen LogP contribution >= 0.6 is 12.2 Å². The number of piperidine rings is 1. The van der Waals surface area contributed by atoms with E-state index in [-0.39, 0.29) is 11.7 Å². The van der Waals surface area contributed by atoms with Gasteiger partial charge in [0.15, 0.2) is 5.11 Å². The van der Waals surface area contributed by atoms with Gasteiger partial charge >= 0.3 is 0 Å². The van der Waals surface area contributed by atoms with Crippen molar-refractivity contribution in [1.82, 2.24) is 10.2 Å². The maximum Gasteiger partial charge on any atom is 0.262 e. The molecule has 0 unspecified atom stereocenters. The molecule has 0 spiro atoms. The van der Waals surface area contributed by atoms with Crippen LogP contribution < -0.4 is 15.5 Å². The lowest BCUT2D eigenvalue weighted by atomic mass is 10.1. The second-order valence-corrected chi connectivity index (χ2v) is 7.75. The van der Waals surface area contributed by atoms with Crippen LogP contribution in [0.25, 0.3) is 0 Å². The highest BCUT2D eigenvalue weighted by atomic mass is 32.1. The van der Waals surface area contributed by atoms with Gasteiger partial charge in [0.05, 0.1) is 11.1 Å². The van der Waals surface area contributed by atoms with Crippen LogP contribution in [0.1, 0.15) is 40.0 Å². The number of carbonyl (C=O) groups excluding carboxylic acids is 3. The summed E-state index contributed by atoms with van der Waals surface area (Å²) in [6.45, 7) is 1.75. The number of fused-ring (bicyclic) bond motifs is 1. The van der Waals surface area contributed by atoms with Gasteiger partial charge < -0.3 is 15.5 Å². The van der Waals surface area contributed by atoms with Crippen molar-refractivity contribution in [2.24, 2.45) is 0 Å². The van der Waals surface area contributed by atoms with Crippen molar-refractivity contribution in [3.8, 4) is 0 Å². The van der Waals surface area contributed by atoms with E-state index in [1.54, 1.807) is 24.3 Å². The Bertz CT molecular complexity index is 965. The maximum atomic E-state index is 12.4. The molecule has 2 N–H and O–H groups in total. The first-order chi connectivity index (χ1) is 14.5. The molecule has 2 heterocycles. The van der Waals surface area contributed by atoms with Gasteiger partial charge in [-0.2, -0.15) is 0 Å². The Morgan fingerprint density at radius 1 is 0.900 bits per heavy atom. The summed E-state index contributed by atoms with van der Waals surface area (Å²) in [5.74, 6) is -1.48. The van der Waals surface area contributed by atoms with Crippen molar-refractivity contribution >= 4 is 46.4 Å². The molecule has 2 aliphatic rings. The van der Waals surface area contributed by atoms with E-state index in [0.29, 0.717) is 11.1 Å². The zero-order valence-electron chi connectivity index (χ0n) is 16.4. The molecule has 2 aliphatic heterocycles. The molecule has 0 saturated carbocycles. The number of hydrogen-bond donors (Lipinski definition) is 2. The Morgan fingerprint density at radius 3 is 2.10 bits per heavy atom. The van der Waals surface area contributed by atoms with Gasteiger partial charge in [-0.25, -0.2) is 0 Å². The minimum absolute atomic E-state index is 0.113. The standard InChI is InChI=1S/C22H22N4O3S/c27-19(14-26-20(28)17-6-2-3-7-18(17)21(26)29)24-22(30)23-15-8-10-16(11-9-15)25-12-4-1-5-13-25/h2-3,6-11H,1,4-5,12-14H2,(H2,23,24,27,30). The fraction of sp³-hybridized carbons (Fsp3) is 0.273. The van der Waals surface area contributed by atoms with Crippen LogP contribution in [-0.2, 0) is 4.79 Å². The fourth-order valence-electron chi connectivity index (χ4n) is 3.76. The molecule has 7 nitrogen and oxygen atoms in total. The SMILES string of the molecule is O=C(CN1C(=O)c2ccccc2C1=O)NC(=S)Nc1ccc(N2CCCCC2)cc1. The van der Waals surface area contributed by atoms with E-state index in [9.17, 15) is 14.4 Å². The van der Waals surface area contributed by atoms with E-state index in [1.807, 2.05) is 24.3 Å². The van der Waals surface area contributed by atoms with Crippen LogP contribution in [0, 0.1) is 0 Å². The largest absolute Gasteiger partial charge is 0.372 e. The number of benzene rings is 2. The molecule has 0 aliphatic carbocycles. The smallest absolute Gasteiger partial charge is 0.262 e. The monoisotopic (exact) mass is 422 g/mol. The van der Waals surface area contributed by atoms with Crippen molar-refractivity contribution < 1.29 is 14.4 Å². The maximum absolute atomic E-state index is 12.4. The third-order valence-electron chi connectivity index (χ3n) is 5.28. The minimum atomic E-state index is -0.535. The Morgan fingerprint density at radius 2 is 1.50 bits per heavy atom. The van der Waals surface area contributed by atoms with Crippen LogP contribution in [0.3, 0.4) is 0 Å². The second kappa shape index (κ2) is 8.62. The van der Waals surface area contributed by atoms with Gasteiger partial charge in [0.25, 0.3) is 11.8 Å². The topological polar surface area (TPSA) is 81.8 Å². The molecule has 2 aromatic carbocycles. The van der Waals surface area contributed by atoms with Crippen molar-refractivity contribution in [1.29, 1.82) is 0 Å². The molecule has 30 heavy (non-hydrogen) atoms. The molecular weight excluding hydrogens is 400 g/mol. The highest BCUT2D eigenvalue weighted by Crippen LogP contribution is 2.23. The highest BCUT2D eigenvalue weighted by molar-refractivity contribution is 7.80. The van der Waals surface area contributed by atoms with Gasteiger partial charge in [0, 0.05) is 24.5 Å². The van der Waals surface area contributed by atoms with Gasteiger partial charge in [0.1, 0.15) is 6.54 Å². The fourth-order valence-corrected chi connectivity index (χ4v) is 3.99. The normalized spacial score (nSPS) is 15.7. The van der Waals surface area contributed by atoms with Crippen LogP contribution in [0.15, 0.2) is 48.5 Å². The zero-order chi connectivity index (χ0) is 21.1. The Labute approximate surface area is 180 Å². The quantitative estimate of drug-likeness (QED) is 0.583. The van der Waals surface area contributed by atoms with Crippen molar-refractivity contribution in [3.63, 3.8) is 0 Å². The van der Waals surface area contributed by atoms with Crippen molar-refractivity contribution in [2.45, 2.75) is 19.3 Å². The summed E-state index contributed by atoms with van der Waals surface area (Å²) in [7, 11) is 0. The molecule has 154 valence electrons. The number of carbonyl (C=O) groups is 3. The van der Waals surface area contributed by atoms with Crippen molar-refractivity contribution in [2.75, 3.05) is 29.9 Å². The van der Waals surface area contributed by atoms with E-state index in [2.05, 4.69) is 15.5 Å². The number of amides is 3. The lowest BCUT2D eigenvalue weighted by Gasteiger charge is -2.28. The summed E-state index contributed by atoms with van der Waals surface area (Å²) >= 11 is 5.20. The summed E-state index contributed by atoms with van der Waals surface area (Å²) in [6.07, 6.45) is 3.71. The first-order valence-corrected chi connectivity index (χ1v) is 10.3. The number of anilines is 2. The zero-order valence-corrected chi connectivity index (χ0v) is 17.2. The first kappa shape index (κ1) is 20.0. The molecule has 1 fully saturated rings. The van der Waals surface area contributed by atoms with Crippen molar-refractivity contribution in [3.05, 3.63) is 59.7 Å². The highest BCUT2D eigenvalue weighted by Gasteiger charge is 2.36. The second-order valence-electron chi connectivity index (χ2n) is 7.34. The Kier molecular flexibility index (Phi) is 5.76. The van der Waals surface area contributed by atoms with E-state index >= 15 is 0 Å². The average molecular weight is 423 g/mol. The number of nitrogens with zero attached hydrogens (tertiary/aromatic N) is 2. The summed E-state index contributed by atoms with van der Waals surface area (Å²) < 4.78 is 0. The van der Waals surface area contributed by atoms with Crippen LogP contribution in [-0.4, -0.2) is 47.4 Å². The van der Waals surface area contributed by atoms with E-state index < -0.39 is 17.7 Å². The molecule has 1 saturated heterocycles. The Hall–Kier alpha value is -3.26. The molecule has 0 bridgehead atoms. The van der Waals surface area contributed by atoms with Crippen LogP contribution in [0.4, 0.5) is 11.4 Å². The first-order valence-electron chi connectivity index (χ1n) is 9.94. The summed E-state index contributed by atoms with van der Waals surface area (Å²) in [6, 6.07) is 14.4. The predicted molar refractivity (Wildman–Crippen MR) is 119 cm³/mol. The van der Waals surface area contributed by atoms with Gasteiger partial charge in [-0.1, -0.05) is 12.1 Å². The third kappa shape index (κ3) is 4.18. The molecule has 8 heteroatoms. The summed E-state index contributed by atoms with van der Waals surface area (Å²) in [5.41, 5.74) is 2.54. The number of hydrogen-bond acceptors (Lipinski definition) is 5. The molecule has 2 aromatic rings. The summed E-state index contributed by atoms with van der Waals surface area (Å²) in [4.78, 5) is 40.3. The predicted octanol–water partition coefficient (Wildman–Crippen LogP) is 2.79. The van der Waals surface area contributed by atoms with Gasteiger partial charge in [-0.15, -0.1) is 0 Å². The lowest BCUT2D eigenvalue weighted by molar-refractivity contribution is -0.120. The van der Waals surface area contributed by atoms with Crippen LogP contribution in [0.2, 0.25) is 0 Å². The summed E-state index contributed by atoms with van der Waals surface area (Å²) in [5, 5.41) is 5.60. The molecule has 0 aromatic heterocycles. The Balaban J connectivity index is 1.30. The third-order valence-corrected chi connectivity index (χ3v) is 5.48. The molecule has 0 atom stereocenters. The number of nitrogens with one attached hydrogen (secondary N) is 2. The number of thiocarbonyl (C=S) groups is 1. The van der Waals surface area contributed by atoms with Gasteiger partial charge in [-0.3, -0.25) is 19.3 Å². The lowest BCUT2D eigenvalue weighted by Crippen LogP contribution is -2.43. The van der Waals surface area contributed by atoms with Crippen LogP contribution in [0.5, 0.6) is 0 Å². The number of rotatable bonds is 4. The molecule has 4 rings (SSSR count). The van der Waals surface area contributed by atoms with E-state index in [0.717, 1.165) is 23.7 Å².